The molecule has 0 aromatic heterocycles. The molecule has 0 heterocycles. The quantitative estimate of drug-likeness (QED) is 0.602. The summed E-state index contributed by atoms with van der Waals surface area (Å²) >= 11 is -1.34. The van der Waals surface area contributed by atoms with Crippen LogP contribution < -0.4 is 3.58 Å². The van der Waals surface area contributed by atoms with Crippen molar-refractivity contribution in [2.75, 3.05) is 0 Å². The van der Waals surface area contributed by atoms with Crippen molar-refractivity contribution in [3.8, 4) is 0 Å². The Bertz CT molecular complexity index is 610. The molecule has 0 aliphatic carbocycles. The molecule has 3 nitrogen and oxygen atoms in total. The summed E-state index contributed by atoms with van der Waals surface area (Å²) in [6, 6.07) is 15.4. The minimum absolute atomic E-state index is 0.271. The zero-order valence-corrected chi connectivity index (χ0v) is 15.0. The third-order valence-corrected chi connectivity index (χ3v) is 4.95. The summed E-state index contributed by atoms with van der Waals surface area (Å²) in [5.74, 6) is -0.271. The third kappa shape index (κ3) is 4.40. The van der Waals surface area contributed by atoms with E-state index in [1.807, 2.05) is 36.4 Å². The van der Waals surface area contributed by atoms with Crippen molar-refractivity contribution in [1.29, 1.82) is 0 Å². The van der Waals surface area contributed by atoms with Crippen LogP contribution in [0.3, 0.4) is 0 Å². The molecule has 0 unspecified atom stereocenters. The molecule has 2 radical (unpaired) electrons. The fourth-order valence-corrected chi connectivity index (χ4v) is 2.96. The summed E-state index contributed by atoms with van der Waals surface area (Å²) in [5.41, 5.74) is 1.47. The molecule has 2 aromatic carbocycles. The molecule has 0 aliphatic rings. The van der Waals surface area contributed by atoms with Crippen molar-refractivity contribution in [2.45, 2.75) is 25.9 Å². The van der Waals surface area contributed by atoms with Gasteiger partial charge in [-0.3, -0.25) is 0 Å². The summed E-state index contributed by atoms with van der Waals surface area (Å²) in [5, 5.41) is 9.73. The molecule has 0 spiro atoms. The number of hydrogen-bond acceptors (Lipinski definition) is 3. The number of hydrogen-bond donors (Lipinski definition) is 2. The minimum atomic E-state index is -1.34. The summed E-state index contributed by atoms with van der Waals surface area (Å²) in [6.07, 6.45) is 0.785. The van der Waals surface area contributed by atoms with Gasteiger partial charge in [-0.1, -0.05) is 0 Å². The van der Waals surface area contributed by atoms with Crippen LogP contribution in [0.25, 0.3) is 0 Å². The fraction of sp³-hybridized carbons (Fsp3) is 0.235. The van der Waals surface area contributed by atoms with Crippen LogP contribution in [0.2, 0.25) is 0 Å². The normalized spacial score (nSPS) is 11.4. The van der Waals surface area contributed by atoms with Gasteiger partial charge in [0.1, 0.15) is 0 Å². The van der Waals surface area contributed by atoms with E-state index < -0.39 is 27.2 Å². The van der Waals surface area contributed by atoms with Gasteiger partial charge in [-0.15, -0.1) is 0 Å². The second-order valence-corrected chi connectivity index (χ2v) is 7.86. The van der Waals surface area contributed by atoms with Gasteiger partial charge in [0, 0.05) is 0 Å². The van der Waals surface area contributed by atoms with E-state index in [0.29, 0.717) is 5.56 Å². The van der Waals surface area contributed by atoms with Crippen molar-refractivity contribution >= 4 is 30.9 Å². The topological polar surface area (TPSA) is 57.5 Å². The second kappa shape index (κ2) is 6.73. The van der Waals surface area contributed by atoms with Gasteiger partial charge in [-0.2, -0.15) is 0 Å². The molecular weight excluding hydrogens is 371 g/mol. The van der Waals surface area contributed by atoms with Crippen LogP contribution in [-0.4, -0.2) is 41.5 Å². The van der Waals surface area contributed by atoms with Crippen LogP contribution in [0, 0.1) is 0 Å². The van der Waals surface area contributed by atoms with E-state index in [2.05, 4.69) is 0 Å². The number of rotatable bonds is 5. The van der Waals surface area contributed by atoms with Crippen molar-refractivity contribution in [3.05, 3.63) is 65.2 Å². The van der Waals surface area contributed by atoms with Crippen LogP contribution in [-0.2, 0) is 6.42 Å². The Morgan fingerprint density at radius 2 is 1.48 bits per heavy atom. The Kier molecular flexibility index (Phi) is 5.19. The molecule has 0 saturated heterocycles. The summed E-state index contributed by atoms with van der Waals surface area (Å²) in [6.45, 7) is 2.99. The third-order valence-electron chi connectivity index (χ3n) is 3.26. The molecule has 0 bridgehead atoms. The predicted molar refractivity (Wildman–Crippen MR) is 83.9 cm³/mol. The molecule has 0 atom stereocenters. The molecule has 0 fully saturated rings. The van der Waals surface area contributed by atoms with Crippen molar-refractivity contribution in [3.63, 3.8) is 0 Å². The zero-order chi connectivity index (χ0) is 15.5. The van der Waals surface area contributed by atoms with Crippen LogP contribution in [0.5, 0.6) is 0 Å². The van der Waals surface area contributed by atoms with Crippen molar-refractivity contribution < 1.29 is 13.3 Å². The molecule has 0 amide bonds. The SMILES string of the molecule is CC(C)(O)C(=O)c1ccc(Cc2cc[c]([Sn][OH])cc2)cc1. The first-order valence-corrected chi connectivity index (χ1v) is 9.45. The van der Waals surface area contributed by atoms with Gasteiger partial charge in [-0.25, -0.2) is 0 Å². The Balaban J connectivity index is 2.10. The predicted octanol–water partition coefficient (Wildman–Crippen LogP) is 1.47. The Morgan fingerprint density at radius 3 is 1.90 bits per heavy atom. The molecule has 2 aromatic rings. The number of ketones is 1. The van der Waals surface area contributed by atoms with Gasteiger partial charge in [-0.05, 0) is 0 Å². The van der Waals surface area contributed by atoms with E-state index in [0.717, 1.165) is 15.6 Å². The van der Waals surface area contributed by atoms with Crippen molar-refractivity contribution in [2.24, 2.45) is 0 Å². The van der Waals surface area contributed by atoms with E-state index in [9.17, 15) is 13.3 Å². The molecule has 108 valence electrons. The molecule has 4 heteroatoms. The maximum absolute atomic E-state index is 11.9. The van der Waals surface area contributed by atoms with Gasteiger partial charge in [0.15, 0.2) is 0 Å². The summed E-state index contributed by atoms with van der Waals surface area (Å²) in [4.78, 5) is 11.9. The van der Waals surface area contributed by atoms with Gasteiger partial charge in [0.2, 0.25) is 0 Å². The summed E-state index contributed by atoms with van der Waals surface area (Å²) < 4.78 is 10.2. The van der Waals surface area contributed by atoms with Crippen LogP contribution in [0.4, 0.5) is 0 Å². The Labute approximate surface area is 135 Å². The van der Waals surface area contributed by atoms with Gasteiger partial charge < -0.3 is 0 Å². The van der Waals surface area contributed by atoms with Crippen molar-refractivity contribution in [1.82, 2.24) is 0 Å². The first kappa shape index (κ1) is 16.2. The fourth-order valence-electron chi connectivity index (χ4n) is 2.06. The number of Topliss-reactive ketones (excluding diaryl/α,β-unsaturated/α-hetero) is 1. The summed E-state index contributed by atoms with van der Waals surface area (Å²) in [7, 11) is 0. The van der Waals surface area contributed by atoms with Crippen LogP contribution >= 0.6 is 0 Å². The molecule has 2 rings (SSSR count). The average molecular weight is 389 g/mol. The monoisotopic (exact) mass is 390 g/mol. The van der Waals surface area contributed by atoms with Gasteiger partial charge in [0.25, 0.3) is 0 Å². The van der Waals surface area contributed by atoms with E-state index in [-0.39, 0.29) is 5.78 Å². The first-order valence-electron chi connectivity index (χ1n) is 6.75. The molecule has 21 heavy (non-hydrogen) atoms. The van der Waals surface area contributed by atoms with E-state index >= 15 is 0 Å². The van der Waals surface area contributed by atoms with E-state index in [1.54, 1.807) is 12.1 Å². The Morgan fingerprint density at radius 1 is 1.00 bits per heavy atom. The molecule has 2 N–H and O–H groups in total. The number of carbonyl (C=O) groups excluding carboxylic acids is 1. The van der Waals surface area contributed by atoms with E-state index in [4.69, 9.17) is 0 Å². The van der Waals surface area contributed by atoms with Crippen LogP contribution in [0.1, 0.15) is 35.3 Å². The maximum atomic E-state index is 11.9. The number of carbonyl (C=O) groups is 1. The second-order valence-electron chi connectivity index (χ2n) is 5.57. The average Bonchev–Trinajstić information content (AvgIpc) is 2.47. The zero-order valence-electron chi connectivity index (χ0n) is 12.1. The molecule has 0 saturated carbocycles. The number of benzene rings is 2. The molecule has 0 aliphatic heterocycles. The first-order chi connectivity index (χ1) is 9.90. The standard InChI is InChI=1S/C17H17O2.H2O.Sn/c1-17(2,19)16(18)15-10-8-14(9-11-15)12-13-6-4-3-5-7-13;;/h4-11,19H,12H2,1-2H3;1H2;/q;;+1/p-1. The van der Waals surface area contributed by atoms with Crippen LogP contribution in [0.15, 0.2) is 48.5 Å². The van der Waals surface area contributed by atoms with Gasteiger partial charge in [0.05, 0.1) is 0 Å². The number of aliphatic hydroxyl groups is 1. The molecular formula is C17H18O3Sn. The van der Waals surface area contributed by atoms with Gasteiger partial charge >= 0.3 is 135 Å². The van der Waals surface area contributed by atoms with E-state index in [1.165, 1.54) is 19.4 Å². The Hall–Kier alpha value is -1.17.